The number of ether oxygens (including phenoxy) is 1. The highest BCUT2D eigenvalue weighted by Crippen LogP contribution is 2.30. The second kappa shape index (κ2) is 6.57. The van der Waals surface area contributed by atoms with Gasteiger partial charge < -0.3 is 9.84 Å². The van der Waals surface area contributed by atoms with Crippen molar-refractivity contribution >= 4 is 0 Å². The Morgan fingerprint density at radius 1 is 1.62 bits per heavy atom. The van der Waals surface area contributed by atoms with Crippen LogP contribution in [-0.2, 0) is 11.2 Å². The molecule has 1 fully saturated rings. The third-order valence-electron chi connectivity index (χ3n) is 3.43. The van der Waals surface area contributed by atoms with Gasteiger partial charge in [-0.2, -0.15) is 0 Å². The summed E-state index contributed by atoms with van der Waals surface area (Å²) in [5.41, 5.74) is 8.08. The van der Waals surface area contributed by atoms with Gasteiger partial charge in [-0.15, -0.1) is 0 Å². The van der Waals surface area contributed by atoms with E-state index in [-0.39, 0.29) is 13.0 Å². The van der Waals surface area contributed by atoms with Gasteiger partial charge in [-0.1, -0.05) is 18.5 Å². The first-order chi connectivity index (χ1) is 10.1. The molecule has 1 aliphatic rings. The van der Waals surface area contributed by atoms with E-state index in [1.807, 2.05) is 6.92 Å². The van der Waals surface area contributed by atoms with Gasteiger partial charge in [0.25, 0.3) is 5.56 Å². The van der Waals surface area contributed by atoms with Crippen molar-refractivity contribution < 1.29 is 9.84 Å². The summed E-state index contributed by atoms with van der Waals surface area (Å²) in [4.78, 5) is 28.4. The van der Waals surface area contributed by atoms with Gasteiger partial charge in [-0.25, -0.2) is 4.79 Å². The molecule has 1 aromatic heterocycles. The lowest BCUT2D eigenvalue weighted by atomic mass is 10.1. The lowest BCUT2D eigenvalue weighted by Crippen LogP contribution is -2.35. The van der Waals surface area contributed by atoms with Crippen molar-refractivity contribution in [2.24, 2.45) is 5.11 Å². The van der Waals surface area contributed by atoms with Crippen molar-refractivity contribution in [2.75, 3.05) is 6.61 Å². The minimum absolute atomic E-state index is 0.276. The Balaban J connectivity index is 2.40. The molecule has 3 atom stereocenters. The number of aromatic nitrogens is 2. The Hall–Kier alpha value is -2.09. The summed E-state index contributed by atoms with van der Waals surface area (Å²) in [7, 11) is 0. The topological polar surface area (TPSA) is 133 Å². The molecule has 2 heterocycles. The van der Waals surface area contributed by atoms with Crippen LogP contribution in [0.3, 0.4) is 0 Å². The number of hydrogen-bond donors (Lipinski definition) is 2. The molecule has 0 spiro atoms. The average molecular weight is 295 g/mol. The molecule has 0 radical (unpaired) electrons. The second-order valence-electron chi connectivity index (χ2n) is 4.87. The Bertz CT molecular complexity index is 660. The van der Waals surface area contributed by atoms with Crippen molar-refractivity contribution in [2.45, 2.75) is 44.6 Å². The van der Waals surface area contributed by atoms with Gasteiger partial charge in [-0.3, -0.25) is 14.3 Å². The highest BCUT2D eigenvalue weighted by molar-refractivity contribution is 5.04. The van der Waals surface area contributed by atoms with E-state index in [0.29, 0.717) is 12.1 Å². The maximum Gasteiger partial charge on any atom is 0.330 e. The molecule has 1 aromatic rings. The molecule has 114 valence electrons. The zero-order chi connectivity index (χ0) is 15.4. The van der Waals surface area contributed by atoms with E-state index in [4.69, 9.17) is 10.3 Å². The molecule has 21 heavy (non-hydrogen) atoms. The maximum atomic E-state index is 12.0. The summed E-state index contributed by atoms with van der Waals surface area (Å²) in [5, 5.41) is 12.8. The number of nitrogens with zero attached hydrogens (tertiary/aromatic N) is 4. The van der Waals surface area contributed by atoms with Crippen molar-refractivity contribution in [1.29, 1.82) is 0 Å². The van der Waals surface area contributed by atoms with Crippen LogP contribution in [0, 0.1) is 0 Å². The van der Waals surface area contributed by atoms with Crippen LogP contribution >= 0.6 is 0 Å². The third-order valence-corrected chi connectivity index (χ3v) is 3.43. The molecule has 0 aromatic carbocycles. The monoisotopic (exact) mass is 295 g/mol. The first kappa shape index (κ1) is 15.3. The summed E-state index contributed by atoms with van der Waals surface area (Å²) in [6, 6.07) is 0.821. The average Bonchev–Trinajstić information content (AvgIpc) is 2.81. The van der Waals surface area contributed by atoms with Gasteiger partial charge in [0.15, 0.2) is 0 Å². The van der Waals surface area contributed by atoms with Gasteiger partial charge >= 0.3 is 5.69 Å². The maximum absolute atomic E-state index is 12.0. The number of aliphatic hydroxyl groups is 1. The number of rotatable bonds is 5. The van der Waals surface area contributed by atoms with Crippen molar-refractivity contribution in [3.8, 4) is 0 Å². The lowest BCUT2D eigenvalue weighted by Gasteiger charge is -2.18. The van der Waals surface area contributed by atoms with Crippen LogP contribution in [0.25, 0.3) is 10.4 Å². The molecule has 2 N–H and O–H groups in total. The Kier molecular flexibility index (Phi) is 4.79. The van der Waals surface area contributed by atoms with Crippen LogP contribution in [0.4, 0.5) is 0 Å². The first-order valence-electron chi connectivity index (χ1n) is 6.76. The van der Waals surface area contributed by atoms with Gasteiger partial charge in [0.05, 0.1) is 18.8 Å². The van der Waals surface area contributed by atoms with Crippen molar-refractivity contribution in [1.82, 2.24) is 9.55 Å². The molecule has 2 rings (SSSR count). The molecule has 0 aliphatic carbocycles. The van der Waals surface area contributed by atoms with Gasteiger partial charge in [0.1, 0.15) is 6.23 Å². The predicted octanol–water partition coefficient (Wildman–Crippen LogP) is 0.448. The number of aliphatic hydroxyl groups excluding tert-OH is 1. The van der Waals surface area contributed by atoms with E-state index in [1.165, 1.54) is 10.6 Å². The smallest absolute Gasteiger partial charge is 0.330 e. The summed E-state index contributed by atoms with van der Waals surface area (Å²) in [6.45, 7) is 1.63. The largest absolute Gasteiger partial charge is 0.394 e. The molecule has 0 amide bonds. The van der Waals surface area contributed by atoms with E-state index < -0.39 is 29.6 Å². The minimum atomic E-state index is -0.663. The third kappa shape index (κ3) is 3.15. The van der Waals surface area contributed by atoms with E-state index in [1.54, 1.807) is 0 Å². The van der Waals surface area contributed by atoms with E-state index in [2.05, 4.69) is 15.0 Å². The standard InChI is InChI=1S/C12H17N5O4/c1-2-3-7-4-10(19)14-12(20)17(7)11-5-8(15-16-13)9(6-18)21-11/h4,8-9,11,18H,2-3,5-6H2,1H3,(H,14,19,20)/t8-,9+,11+/m0/s1. The SMILES string of the molecule is CCCc1cc(=O)[nH]c(=O)n1[C@H]1C[C@H](N=[N+]=[N-])[C@@H](CO)O1. The van der Waals surface area contributed by atoms with Gasteiger partial charge in [0.2, 0.25) is 0 Å². The second-order valence-corrected chi connectivity index (χ2v) is 4.87. The van der Waals surface area contributed by atoms with Crippen LogP contribution in [-0.4, -0.2) is 33.4 Å². The minimum Gasteiger partial charge on any atom is -0.394 e. The Morgan fingerprint density at radius 2 is 2.38 bits per heavy atom. The number of nitrogens with one attached hydrogen (secondary N) is 1. The molecule has 0 unspecified atom stereocenters. The number of azide groups is 1. The number of aryl methyl sites for hydroxylation is 1. The van der Waals surface area contributed by atoms with Crippen LogP contribution in [0.15, 0.2) is 20.8 Å². The van der Waals surface area contributed by atoms with Gasteiger partial charge in [-0.05, 0) is 12.0 Å². The zero-order valence-electron chi connectivity index (χ0n) is 11.6. The summed E-state index contributed by atoms with van der Waals surface area (Å²) in [5.74, 6) is 0. The first-order valence-corrected chi connectivity index (χ1v) is 6.76. The summed E-state index contributed by atoms with van der Waals surface area (Å²) >= 11 is 0. The molecule has 1 saturated heterocycles. The summed E-state index contributed by atoms with van der Waals surface area (Å²) < 4.78 is 6.96. The van der Waals surface area contributed by atoms with Crippen LogP contribution < -0.4 is 11.2 Å². The molecular weight excluding hydrogens is 278 g/mol. The van der Waals surface area contributed by atoms with Crippen LogP contribution in [0.5, 0.6) is 0 Å². The fourth-order valence-electron chi connectivity index (χ4n) is 2.54. The number of H-pyrrole nitrogens is 1. The fraction of sp³-hybridized carbons (Fsp3) is 0.667. The van der Waals surface area contributed by atoms with E-state index in [9.17, 15) is 14.7 Å². The van der Waals surface area contributed by atoms with Crippen molar-refractivity contribution in [3.05, 3.63) is 43.0 Å². The predicted molar refractivity (Wildman–Crippen MR) is 73.9 cm³/mol. The Morgan fingerprint density at radius 3 is 3.00 bits per heavy atom. The van der Waals surface area contributed by atoms with Crippen LogP contribution in [0.1, 0.15) is 31.7 Å². The zero-order valence-corrected chi connectivity index (χ0v) is 11.6. The van der Waals surface area contributed by atoms with E-state index in [0.717, 1.165) is 6.42 Å². The highest BCUT2D eigenvalue weighted by atomic mass is 16.5. The fourth-order valence-corrected chi connectivity index (χ4v) is 2.54. The molecule has 0 bridgehead atoms. The highest BCUT2D eigenvalue weighted by Gasteiger charge is 2.36. The molecule has 9 nitrogen and oxygen atoms in total. The summed E-state index contributed by atoms with van der Waals surface area (Å²) in [6.07, 6.45) is 0.272. The molecule has 1 aliphatic heterocycles. The molecular formula is C12H17N5O4. The lowest BCUT2D eigenvalue weighted by molar-refractivity contribution is -0.0283. The number of hydrogen-bond acceptors (Lipinski definition) is 5. The van der Waals surface area contributed by atoms with Gasteiger partial charge in [0, 0.05) is 23.1 Å². The van der Waals surface area contributed by atoms with E-state index >= 15 is 0 Å². The van der Waals surface area contributed by atoms with Crippen LogP contribution in [0.2, 0.25) is 0 Å². The normalized spacial score (nSPS) is 24.8. The number of aromatic amines is 1. The quantitative estimate of drug-likeness (QED) is 0.463. The Labute approximate surface area is 119 Å². The molecule has 9 heteroatoms. The van der Waals surface area contributed by atoms with Crippen molar-refractivity contribution in [3.63, 3.8) is 0 Å². The molecule has 0 saturated carbocycles.